The van der Waals surface area contributed by atoms with E-state index in [1.165, 1.54) is 70.6 Å². The van der Waals surface area contributed by atoms with E-state index in [9.17, 15) is 14.7 Å². The Morgan fingerprint density at radius 1 is 0.649 bits per heavy atom. The number of imidazole rings is 1. The van der Waals surface area contributed by atoms with Gasteiger partial charge in [-0.05, 0) is 81.6 Å². The zero-order valence-electron chi connectivity index (χ0n) is 39.2. The molecule has 4 unspecified atom stereocenters. The molecule has 0 amide bonds. The summed E-state index contributed by atoms with van der Waals surface area (Å²) < 4.78 is 13.5. The molecule has 1 aromatic rings. The number of hydrogen-bond donors (Lipinski definition) is 1. The molecule has 0 spiro atoms. The van der Waals surface area contributed by atoms with Crippen molar-refractivity contribution in [2.45, 2.75) is 242 Å². The van der Waals surface area contributed by atoms with Crippen LogP contribution in [-0.2, 0) is 25.6 Å². The molecule has 0 saturated carbocycles. The van der Waals surface area contributed by atoms with E-state index in [-0.39, 0.29) is 23.4 Å². The third kappa shape index (κ3) is 30.7. The summed E-state index contributed by atoms with van der Waals surface area (Å²) in [6, 6.07) is 0.225. The summed E-state index contributed by atoms with van der Waals surface area (Å²) in [5.74, 6) is 0.824. The zero-order valence-corrected chi connectivity index (χ0v) is 39.2. The molecule has 4 atom stereocenters. The van der Waals surface area contributed by atoms with Crippen LogP contribution in [0.5, 0.6) is 0 Å². The molecule has 0 bridgehead atoms. The molecule has 336 valence electrons. The van der Waals surface area contributed by atoms with Gasteiger partial charge in [0.15, 0.2) is 0 Å². The van der Waals surface area contributed by atoms with E-state index in [1.54, 1.807) is 0 Å². The number of aliphatic hydroxyl groups excluding tert-OH is 1. The van der Waals surface area contributed by atoms with Gasteiger partial charge >= 0.3 is 11.9 Å². The van der Waals surface area contributed by atoms with Crippen molar-refractivity contribution in [3.8, 4) is 0 Å². The smallest absolute Gasteiger partial charge is 0.306 e. The van der Waals surface area contributed by atoms with Crippen LogP contribution in [0, 0.1) is 17.3 Å². The molecule has 1 aromatic heterocycles. The van der Waals surface area contributed by atoms with Crippen LogP contribution in [0.2, 0.25) is 0 Å². The van der Waals surface area contributed by atoms with E-state index >= 15 is 0 Å². The summed E-state index contributed by atoms with van der Waals surface area (Å²) in [6.45, 7) is 23.0. The minimum atomic E-state index is -0.447. The number of aliphatic hydroxyl groups is 1. The maximum absolute atomic E-state index is 12.7. The number of rotatable bonds is 37. The highest BCUT2D eigenvalue weighted by molar-refractivity contribution is 5.70. The summed E-state index contributed by atoms with van der Waals surface area (Å²) in [4.78, 5) is 32.1. The number of nitrogens with zero attached hydrogens (tertiary/aromatic N) is 3. The lowest BCUT2D eigenvalue weighted by atomic mass is 9.85. The molecular weight excluding hydrogens is 711 g/mol. The molecule has 0 aromatic carbocycles. The van der Waals surface area contributed by atoms with Gasteiger partial charge in [-0.1, -0.05) is 152 Å². The van der Waals surface area contributed by atoms with Crippen LogP contribution >= 0.6 is 0 Å². The summed E-state index contributed by atoms with van der Waals surface area (Å²) >= 11 is 0. The third-order valence-electron chi connectivity index (χ3n) is 11.4. The molecule has 8 nitrogen and oxygen atoms in total. The third-order valence-corrected chi connectivity index (χ3v) is 11.4. The average Bonchev–Trinajstić information content (AvgIpc) is 3.71. The Hall–Kier alpha value is -1.93. The van der Waals surface area contributed by atoms with Crippen molar-refractivity contribution in [2.24, 2.45) is 17.3 Å². The van der Waals surface area contributed by atoms with Crippen LogP contribution in [-0.4, -0.2) is 69.9 Å². The van der Waals surface area contributed by atoms with Crippen LogP contribution in [0.4, 0.5) is 0 Å². The largest absolute Gasteiger partial charge is 0.466 e. The quantitative estimate of drug-likeness (QED) is 0.0528. The van der Waals surface area contributed by atoms with E-state index < -0.39 is 6.10 Å². The Morgan fingerprint density at radius 2 is 1.11 bits per heavy atom. The van der Waals surface area contributed by atoms with E-state index in [1.807, 2.05) is 32.6 Å². The molecule has 1 N–H and O–H groups in total. The fraction of sp³-hybridized carbons (Fsp3) is 0.898. The Bertz CT molecular complexity index is 1030. The predicted octanol–water partition coefficient (Wildman–Crippen LogP) is 13.1. The summed E-state index contributed by atoms with van der Waals surface area (Å²) in [5, 5.41) is 11.3. The second kappa shape index (κ2) is 37.1. The van der Waals surface area contributed by atoms with Crippen LogP contribution in [0.1, 0.15) is 223 Å². The number of esters is 2. The van der Waals surface area contributed by atoms with Crippen LogP contribution in [0.3, 0.4) is 0 Å². The molecule has 1 heterocycles. The first-order valence-corrected chi connectivity index (χ1v) is 24.2. The number of hydrogen-bond acceptors (Lipinski definition) is 7. The van der Waals surface area contributed by atoms with Crippen molar-refractivity contribution >= 4 is 11.9 Å². The maximum atomic E-state index is 12.7. The second-order valence-corrected chi connectivity index (χ2v) is 17.8. The van der Waals surface area contributed by atoms with Crippen LogP contribution in [0.25, 0.3) is 0 Å². The molecule has 0 fully saturated rings. The van der Waals surface area contributed by atoms with Gasteiger partial charge in [0.05, 0.1) is 25.6 Å². The van der Waals surface area contributed by atoms with E-state index in [4.69, 9.17) is 9.47 Å². The first-order valence-electron chi connectivity index (χ1n) is 24.2. The molecule has 0 saturated heterocycles. The topological polar surface area (TPSA) is 93.9 Å². The van der Waals surface area contributed by atoms with Crippen molar-refractivity contribution in [1.82, 2.24) is 14.5 Å². The van der Waals surface area contributed by atoms with Gasteiger partial charge < -0.3 is 19.1 Å². The first kappa shape index (κ1) is 55.1. The van der Waals surface area contributed by atoms with Gasteiger partial charge in [0.1, 0.15) is 0 Å². The lowest BCUT2D eigenvalue weighted by Crippen LogP contribution is -2.49. The van der Waals surface area contributed by atoms with Gasteiger partial charge in [0, 0.05) is 44.4 Å². The molecule has 1 rings (SSSR count). The van der Waals surface area contributed by atoms with Gasteiger partial charge in [-0.2, -0.15) is 0 Å². The standard InChI is InChI=1S/C47H89N3O5.C2H6/c1-8-12-16-20-28-41(26-14-10-3)36-45(52)54-34-24-19-18-23-32-50(44(47(5,6)7)39-49-33-31-48-40-49)38-43(51)30-22-25-35-55-46(53)37-42(27-15-11-4)29-21-17-13-9-2;1-2/h31,33,40-44,51H,8-30,32,34-39H2,1-7H3;1-2H3. The molecular formula is C49H95N3O5. The molecule has 0 radical (unpaired) electrons. The average molecular weight is 806 g/mol. The minimum Gasteiger partial charge on any atom is -0.466 e. The monoisotopic (exact) mass is 806 g/mol. The van der Waals surface area contributed by atoms with Gasteiger partial charge in [-0.15, -0.1) is 0 Å². The fourth-order valence-electron chi connectivity index (χ4n) is 7.88. The second-order valence-electron chi connectivity index (χ2n) is 17.8. The van der Waals surface area contributed by atoms with E-state index in [2.05, 4.69) is 62.9 Å². The maximum Gasteiger partial charge on any atom is 0.306 e. The Balaban J connectivity index is 0.0000154. The Morgan fingerprint density at radius 3 is 1.58 bits per heavy atom. The molecule has 0 aliphatic rings. The number of aromatic nitrogens is 2. The van der Waals surface area contributed by atoms with Crippen LogP contribution in [0.15, 0.2) is 18.7 Å². The SMILES string of the molecule is CC.CCCCCCC(CCCC)CC(=O)OCCCCCCN(CC(O)CCCCOC(=O)CC(CCCC)CCCCCC)C(Cn1ccnc1)C(C)(C)C. The fourth-order valence-corrected chi connectivity index (χ4v) is 7.88. The van der Waals surface area contributed by atoms with Gasteiger partial charge in [-0.3, -0.25) is 14.5 Å². The van der Waals surface area contributed by atoms with E-state index in [0.29, 0.717) is 50.9 Å². The van der Waals surface area contributed by atoms with Crippen molar-refractivity contribution in [2.75, 3.05) is 26.3 Å². The van der Waals surface area contributed by atoms with Crippen molar-refractivity contribution in [3.05, 3.63) is 18.7 Å². The number of carbonyl (C=O) groups is 2. The predicted molar refractivity (Wildman–Crippen MR) is 241 cm³/mol. The van der Waals surface area contributed by atoms with Crippen molar-refractivity contribution < 1.29 is 24.2 Å². The number of carbonyl (C=O) groups excluding carboxylic acids is 2. The van der Waals surface area contributed by atoms with Gasteiger partial charge in [-0.25, -0.2) is 4.98 Å². The number of unbranched alkanes of at least 4 members (excludes halogenated alkanes) is 12. The van der Waals surface area contributed by atoms with Gasteiger partial charge in [0.2, 0.25) is 0 Å². The van der Waals surface area contributed by atoms with Gasteiger partial charge in [0.25, 0.3) is 0 Å². The lowest BCUT2D eigenvalue weighted by molar-refractivity contribution is -0.146. The molecule has 0 aliphatic heterocycles. The van der Waals surface area contributed by atoms with E-state index in [0.717, 1.165) is 83.7 Å². The van der Waals surface area contributed by atoms with Crippen molar-refractivity contribution in [1.29, 1.82) is 0 Å². The normalized spacial score (nSPS) is 13.8. The Kier molecular flexibility index (Phi) is 35.8. The summed E-state index contributed by atoms with van der Waals surface area (Å²) in [7, 11) is 0. The summed E-state index contributed by atoms with van der Waals surface area (Å²) in [5.41, 5.74) is 0.00235. The van der Waals surface area contributed by atoms with Crippen LogP contribution < -0.4 is 0 Å². The number of ether oxygens (including phenoxy) is 2. The lowest BCUT2D eigenvalue weighted by Gasteiger charge is -2.41. The first-order chi connectivity index (χ1) is 27.5. The highest BCUT2D eigenvalue weighted by Crippen LogP contribution is 2.28. The Labute approximate surface area is 353 Å². The summed E-state index contributed by atoms with van der Waals surface area (Å²) in [6.07, 6.45) is 31.9. The highest BCUT2D eigenvalue weighted by Gasteiger charge is 2.31. The molecule has 0 aliphatic carbocycles. The molecule has 57 heavy (non-hydrogen) atoms. The van der Waals surface area contributed by atoms with Crippen molar-refractivity contribution in [3.63, 3.8) is 0 Å². The zero-order chi connectivity index (χ0) is 42.6. The minimum absolute atomic E-state index is 0.00235. The highest BCUT2D eigenvalue weighted by atomic mass is 16.5. The molecule has 8 heteroatoms.